The van der Waals surface area contributed by atoms with Crippen molar-refractivity contribution < 1.29 is 9.53 Å². The van der Waals surface area contributed by atoms with Crippen molar-refractivity contribution in [2.75, 3.05) is 0 Å². The second-order valence-electron chi connectivity index (χ2n) is 4.88. The highest BCUT2D eigenvalue weighted by Crippen LogP contribution is 2.36. The van der Waals surface area contributed by atoms with Crippen LogP contribution in [0.2, 0.25) is 0 Å². The molecule has 0 spiro atoms. The van der Waals surface area contributed by atoms with E-state index >= 15 is 0 Å². The third-order valence-corrected chi connectivity index (χ3v) is 3.50. The first-order chi connectivity index (χ1) is 9.33. The van der Waals surface area contributed by atoms with Crippen molar-refractivity contribution in [3.63, 3.8) is 0 Å². The summed E-state index contributed by atoms with van der Waals surface area (Å²) in [6.07, 6.45) is 0.723. The van der Waals surface area contributed by atoms with Gasteiger partial charge in [-0.15, -0.1) is 0 Å². The molecular formula is C17H16O2. The van der Waals surface area contributed by atoms with E-state index in [1.54, 1.807) is 0 Å². The van der Waals surface area contributed by atoms with Crippen LogP contribution in [0, 0.1) is 0 Å². The van der Waals surface area contributed by atoms with Crippen LogP contribution in [0.4, 0.5) is 0 Å². The Labute approximate surface area is 113 Å². The topological polar surface area (TPSA) is 26.3 Å². The molecule has 1 heterocycles. The minimum atomic E-state index is -0.118. The fourth-order valence-electron chi connectivity index (χ4n) is 2.52. The highest BCUT2D eigenvalue weighted by Gasteiger charge is 2.29. The van der Waals surface area contributed by atoms with E-state index in [1.165, 1.54) is 0 Å². The number of carbonyl (C=O) groups is 1. The van der Waals surface area contributed by atoms with Gasteiger partial charge in [-0.1, -0.05) is 60.7 Å². The van der Waals surface area contributed by atoms with E-state index < -0.39 is 0 Å². The summed E-state index contributed by atoms with van der Waals surface area (Å²) in [6, 6.07) is 20.0. The highest BCUT2D eigenvalue weighted by molar-refractivity contribution is 5.80. The van der Waals surface area contributed by atoms with Gasteiger partial charge in [0, 0.05) is 12.8 Å². The zero-order valence-corrected chi connectivity index (χ0v) is 10.7. The molecule has 0 saturated carbocycles. The van der Waals surface area contributed by atoms with Gasteiger partial charge in [0.2, 0.25) is 0 Å². The van der Waals surface area contributed by atoms with Crippen LogP contribution in [-0.2, 0) is 9.53 Å². The Morgan fingerprint density at radius 3 is 1.58 bits per heavy atom. The van der Waals surface area contributed by atoms with E-state index in [0.717, 1.165) is 11.1 Å². The third-order valence-electron chi connectivity index (χ3n) is 3.50. The van der Waals surface area contributed by atoms with Gasteiger partial charge in [-0.05, 0) is 11.1 Å². The maximum Gasteiger partial charge on any atom is 0.138 e. The second-order valence-corrected chi connectivity index (χ2v) is 4.88. The van der Waals surface area contributed by atoms with Gasteiger partial charge in [-0.25, -0.2) is 0 Å². The van der Waals surface area contributed by atoms with Gasteiger partial charge in [0.25, 0.3) is 0 Å². The first-order valence-corrected chi connectivity index (χ1v) is 6.60. The summed E-state index contributed by atoms with van der Waals surface area (Å²) in [5.41, 5.74) is 2.16. The van der Waals surface area contributed by atoms with Gasteiger partial charge in [0.15, 0.2) is 0 Å². The van der Waals surface area contributed by atoms with Gasteiger partial charge in [0.05, 0.1) is 12.2 Å². The molecule has 1 fully saturated rings. The van der Waals surface area contributed by atoms with Crippen molar-refractivity contribution in [3.8, 4) is 0 Å². The summed E-state index contributed by atoms with van der Waals surface area (Å²) in [4.78, 5) is 12.0. The Bertz CT molecular complexity index is 498. The fourth-order valence-corrected chi connectivity index (χ4v) is 2.52. The van der Waals surface area contributed by atoms with Crippen LogP contribution < -0.4 is 0 Å². The predicted octanol–water partition coefficient (Wildman–Crippen LogP) is 3.85. The van der Waals surface area contributed by atoms with Gasteiger partial charge in [-0.3, -0.25) is 4.79 Å². The van der Waals surface area contributed by atoms with Crippen LogP contribution in [0.1, 0.15) is 36.2 Å². The van der Waals surface area contributed by atoms with Crippen molar-refractivity contribution in [1.82, 2.24) is 0 Å². The molecule has 1 saturated heterocycles. The van der Waals surface area contributed by atoms with Crippen molar-refractivity contribution >= 4 is 5.78 Å². The Balaban J connectivity index is 1.84. The van der Waals surface area contributed by atoms with E-state index in [2.05, 4.69) is 0 Å². The zero-order valence-electron chi connectivity index (χ0n) is 10.7. The molecule has 0 unspecified atom stereocenters. The lowest BCUT2D eigenvalue weighted by Gasteiger charge is -2.29. The molecule has 96 valence electrons. The number of hydrogen-bond acceptors (Lipinski definition) is 2. The molecule has 1 aliphatic rings. The van der Waals surface area contributed by atoms with Crippen LogP contribution in [0.3, 0.4) is 0 Å². The molecular weight excluding hydrogens is 236 g/mol. The summed E-state index contributed by atoms with van der Waals surface area (Å²) in [5, 5.41) is 0. The molecule has 2 heteroatoms. The fraction of sp³-hybridized carbons (Fsp3) is 0.235. The molecule has 2 atom stereocenters. The molecule has 0 radical (unpaired) electrons. The minimum Gasteiger partial charge on any atom is -0.365 e. The maximum atomic E-state index is 12.0. The molecule has 19 heavy (non-hydrogen) atoms. The molecule has 0 amide bonds. The number of carbonyl (C=O) groups excluding carboxylic acids is 1. The normalized spacial score (nSPS) is 23.3. The number of ketones is 1. The van der Waals surface area contributed by atoms with Gasteiger partial charge >= 0.3 is 0 Å². The number of benzene rings is 2. The minimum absolute atomic E-state index is 0.118. The standard InChI is InChI=1S/C17H16O2/c18-15-11-16(13-7-3-1-4-8-13)19-17(12-15)14-9-5-2-6-10-14/h1-10,16-17H,11-12H2/t16-,17-/m0/s1. The van der Waals surface area contributed by atoms with E-state index in [0.29, 0.717) is 12.8 Å². The van der Waals surface area contributed by atoms with Crippen LogP contribution in [0.25, 0.3) is 0 Å². The molecule has 3 rings (SSSR count). The SMILES string of the molecule is O=C1C[C@@H](c2ccccc2)O[C@H](c2ccccc2)C1. The van der Waals surface area contributed by atoms with Crippen molar-refractivity contribution in [2.24, 2.45) is 0 Å². The first-order valence-electron chi connectivity index (χ1n) is 6.60. The lowest BCUT2D eigenvalue weighted by Crippen LogP contribution is -2.23. The molecule has 0 aliphatic carbocycles. The van der Waals surface area contributed by atoms with Gasteiger partial charge in [-0.2, -0.15) is 0 Å². The average molecular weight is 252 g/mol. The smallest absolute Gasteiger partial charge is 0.138 e. The maximum absolute atomic E-state index is 12.0. The Morgan fingerprint density at radius 1 is 0.737 bits per heavy atom. The van der Waals surface area contributed by atoms with Gasteiger partial charge in [0.1, 0.15) is 5.78 Å². The van der Waals surface area contributed by atoms with Crippen LogP contribution >= 0.6 is 0 Å². The highest BCUT2D eigenvalue weighted by atomic mass is 16.5. The number of rotatable bonds is 2. The summed E-state index contributed by atoms with van der Waals surface area (Å²) in [6.45, 7) is 0. The number of Topliss-reactive ketones (excluding diaryl/α,β-unsaturated/α-hetero) is 1. The van der Waals surface area contributed by atoms with Crippen molar-refractivity contribution in [1.29, 1.82) is 0 Å². The van der Waals surface area contributed by atoms with Gasteiger partial charge < -0.3 is 4.74 Å². The van der Waals surface area contributed by atoms with Crippen LogP contribution in [-0.4, -0.2) is 5.78 Å². The van der Waals surface area contributed by atoms with Crippen molar-refractivity contribution in [2.45, 2.75) is 25.0 Å². The zero-order chi connectivity index (χ0) is 13.1. The predicted molar refractivity (Wildman–Crippen MR) is 73.7 cm³/mol. The lowest BCUT2D eigenvalue weighted by molar-refractivity contribution is -0.136. The van der Waals surface area contributed by atoms with Crippen molar-refractivity contribution in [3.05, 3.63) is 71.8 Å². The van der Waals surface area contributed by atoms with E-state index in [1.807, 2.05) is 60.7 Å². The van der Waals surface area contributed by atoms with E-state index in [-0.39, 0.29) is 18.0 Å². The molecule has 0 N–H and O–H groups in total. The summed E-state index contributed by atoms with van der Waals surface area (Å²) < 4.78 is 6.11. The lowest BCUT2D eigenvalue weighted by atomic mass is 9.94. The molecule has 1 aliphatic heterocycles. The molecule has 2 aromatic rings. The number of ether oxygens (including phenoxy) is 1. The summed E-state index contributed by atoms with van der Waals surface area (Å²) in [7, 11) is 0. The summed E-state index contributed by atoms with van der Waals surface area (Å²) >= 11 is 0. The Kier molecular flexibility index (Phi) is 3.43. The monoisotopic (exact) mass is 252 g/mol. The molecule has 0 aromatic heterocycles. The second kappa shape index (κ2) is 5.37. The number of hydrogen-bond donors (Lipinski definition) is 0. The first kappa shape index (κ1) is 12.1. The van der Waals surface area contributed by atoms with E-state index in [9.17, 15) is 4.79 Å². The summed E-state index contributed by atoms with van der Waals surface area (Å²) in [5.74, 6) is 0.272. The average Bonchev–Trinajstić information content (AvgIpc) is 2.48. The Hall–Kier alpha value is -1.93. The van der Waals surface area contributed by atoms with E-state index in [4.69, 9.17) is 4.74 Å². The molecule has 2 nitrogen and oxygen atoms in total. The van der Waals surface area contributed by atoms with Crippen LogP contribution in [0.5, 0.6) is 0 Å². The molecule has 0 bridgehead atoms. The third kappa shape index (κ3) is 2.74. The largest absolute Gasteiger partial charge is 0.365 e. The molecule has 2 aromatic carbocycles. The quantitative estimate of drug-likeness (QED) is 0.811. The Morgan fingerprint density at radius 2 is 1.16 bits per heavy atom. The van der Waals surface area contributed by atoms with Crippen LogP contribution in [0.15, 0.2) is 60.7 Å².